The molecular weight excluding hydrogens is 332 g/mol. The standard InChI is InChI=1S/C24H20N2O/c1-2-16-26(18-20-12-10-19(17-25)11-13-20)24(27)15-14-22-8-5-7-21-6-3-4-9-23(21)22/h2-15H,1,16,18H2/b15-14+. The number of amides is 1. The molecule has 0 aliphatic heterocycles. The molecule has 0 N–H and O–H groups in total. The lowest BCUT2D eigenvalue weighted by Crippen LogP contribution is -2.29. The van der Waals surface area contributed by atoms with Gasteiger partial charge in [0.25, 0.3) is 0 Å². The average Bonchev–Trinajstić information content (AvgIpc) is 2.72. The van der Waals surface area contributed by atoms with E-state index in [1.165, 1.54) is 0 Å². The molecule has 3 heteroatoms. The van der Waals surface area contributed by atoms with Gasteiger partial charge in [-0.1, -0.05) is 60.7 Å². The fourth-order valence-electron chi connectivity index (χ4n) is 2.96. The lowest BCUT2D eigenvalue weighted by molar-refractivity contribution is -0.126. The highest BCUT2D eigenvalue weighted by atomic mass is 16.2. The van der Waals surface area contributed by atoms with Crippen molar-refractivity contribution in [3.8, 4) is 6.07 Å². The fraction of sp³-hybridized carbons (Fsp3) is 0.0833. The number of carbonyl (C=O) groups is 1. The van der Waals surface area contributed by atoms with Crippen LogP contribution in [0.1, 0.15) is 16.7 Å². The van der Waals surface area contributed by atoms with Crippen LogP contribution in [0.5, 0.6) is 0 Å². The Morgan fingerprint density at radius 3 is 2.52 bits per heavy atom. The summed E-state index contributed by atoms with van der Waals surface area (Å²) in [4.78, 5) is 14.4. The molecule has 0 spiro atoms. The van der Waals surface area contributed by atoms with E-state index in [0.29, 0.717) is 18.7 Å². The maximum Gasteiger partial charge on any atom is 0.247 e. The van der Waals surface area contributed by atoms with Crippen molar-refractivity contribution in [1.82, 2.24) is 4.90 Å². The Morgan fingerprint density at radius 2 is 1.78 bits per heavy atom. The van der Waals surface area contributed by atoms with Crippen molar-refractivity contribution in [3.63, 3.8) is 0 Å². The van der Waals surface area contributed by atoms with Crippen LogP contribution in [-0.2, 0) is 11.3 Å². The van der Waals surface area contributed by atoms with Crippen molar-refractivity contribution in [2.75, 3.05) is 6.54 Å². The van der Waals surface area contributed by atoms with Gasteiger partial charge in [-0.25, -0.2) is 0 Å². The Kier molecular flexibility index (Phi) is 5.81. The quantitative estimate of drug-likeness (QED) is 0.466. The molecule has 132 valence electrons. The van der Waals surface area contributed by atoms with E-state index in [2.05, 4.69) is 30.8 Å². The molecule has 0 radical (unpaired) electrons. The molecule has 0 saturated heterocycles. The predicted molar refractivity (Wildman–Crippen MR) is 110 cm³/mol. The van der Waals surface area contributed by atoms with Gasteiger partial charge in [0.2, 0.25) is 5.91 Å². The molecule has 0 unspecified atom stereocenters. The predicted octanol–water partition coefficient (Wildman–Crippen LogP) is 4.94. The highest BCUT2D eigenvalue weighted by Crippen LogP contribution is 2.19. The Hall–Kier alpha value is -3.64. The topological polar surface area (TPSA) is 44.1 Å². The molecule has 3 nitrogen and oxygen atoms in total. The number of nitrogens with zero attached hydrogens (tertiary/aromatic N) is 2. The molecule has 3 aromatic carbocycles. The highest BCUT2D eigenvalue weighted by Gasteiger charge is 2.10. The van der Waals surface area contributed by atoms with Gasteiger partial charge in [0.1, 0.15) is 0 Å². The second-order valence-corrected chi connectivity index (χ2v) is 6.22. The van der Waals surface area contributed by atoms with Gasteiger partial charge in [0.05, 0.1) is 11.6 Å². The Labute approximate surface area is 159 Å². The highest BCUT2D eigenvalue weighted by molar-refractivity contribution is 5.96. The molecule has 0 fully saturated rings. The Balaban J connectivity index is 1.79. The maximum absolute atomic E-state index is 12.7. The number of nitriles is 1. The number of benzene rings is 3. The van der Waals surface area contributed by atoms with Crippen LogP contribution in [0.4, 0.5) is 0 Å². The number of fused-ring (bicyclic) bond motifs is 1. The molecule has 0 bridgehead atoms. The number of rotatable bonds is 6. The zero-order valence-corrected chi connectivity index (χ0v) is 15.0. The third kappa shape index (κ3) is 4.50. The molecule has 0 aromatic heterocycles. The van der Waals surface area contributed by atoms with Gasteiger partial charge in [-0.2, -0.15) is 5.26 Å². The van der Waals surface area contributed by atoms with Crippen LogP contribution in [0.2, 0.25) is 0 Å². The lowest BCUT2D eigenvalue weighted by Gasteiger charge is -2.19. The van der Waals surface area contributed by atoms with Crippen LogP contribution in [0.25, 0.3) is 16.8 Å². The van der Waals surface area contributed by atoms with E-state index in [9.17, 15) is 4.79 Å². The number of carbonyl (C=O) groups excluding carboxylic acids is 1. The third-order valence-corrected chi connectivity index (χ3v) is 4.35. The second kappa shape index (κ2) is 8.64. The summed E-state index contributed by atoms with van der Waals surface area (Å²) in [6.07, 6.45) is 5.18. The van der Waals surface area contributed by atoms with E-state index in [1.54, 1.807) is 29.2 Å². The van der Waals surface area contributed by atoms with Crippen molar-refractivity contribution in [1.29, 1.82) is 5.26 Å². The minimum absolute atomic E-state index is 0.0767. The molecule has 3 aromatic rings. The zero-order valence-electron chi connectivity index (χ0n) is 15.0. The first kappa shape index (κ1) is 18.2. The van der Waals surface area contributed by atoms with E-state index in [-0.39, 0.29) is 5.91 Å². The molecule has 0 atom stereocenters. The van der Waals surface area contributed by atoms with Crippen molar-refractivity contribution in [3.05, 3.63) is 102 Å². The van der Waals surface area contributed by atoms with Crippen molar-refractivity contribution in [2.45, 2.75) is 6.54 Å². The Bertz CT molecular complexity index is 1020. The summed E-state index contributed by atoms with van der Waals surface area (Å²) in [6, 6.07) is 23.5. The number of hydrogen-bond donors (Lipinski definition) is 0. The molecule has 0 aliphatic carbocycles. The van der Waals surface area contributed by atoms with Crippen molar-refractivity contribution < 1.29 is 4.79 Å². The first-order chi connectivity index (χ1) is 13.2. The first-order valence-corrected chi connectivity index (χ1v) is 8.76. The summed E-state index contributed by atoms with van der Waals surface area (Å²) in [6.45, 7) is 4.68. The lowest BCUT2D eigenvalue weighted by atomic mass is 10.0. The normalized spacial score (nSPS) is 10.6. The molecule has 0 aliphatic rings. The van der Waals surface area contributed by atoms with Gasteiger partial charge in [-0.15, -0.1) is 6.58 Å². The van der Waals surface area contributed by atoms with Gasteiger partial charge >= 0.3 is 0 Å². The second-order valence-electron chi connectivity index (χ2n) is 6.22. The summed E-state index contributed by atoms with van der Waals surface area (Å²) < 4.78 is 0. The van der Waals surface area contributed by atoms with E-state index in [4.69, 9.17) is 5.26 Å². The smallest absolute Gasteiger partial charge is 0.247 e. The summed E-state index contributed by atoms with van der Waals surface area (Å²) in [5.74, 6) is -0.0767. The first-order valence-electron chi connectivity index (χ1n) is 8.76. The monoisotopic (exact) mass is 352 g/mol. The molecular formula is C24H20N2O. The third-order valence-electron chi connectivity index (χ3n) is 4.35. The van der Waals surface area contributed by atoms with Crippen LogP contribution >= 0.6 is 0 Å². The van der Waals surface area contributed by atoms with E-state index < -0.39 is 0 Å². The van der Waals surface area contributed by atoms with Crippen LogP contribution in [0.15, 0.2) is 85.5 Å². The van der Waals surface area contributed by atoms with Gasteiger partial charge in [0, 0.05) is 19.2 Å². The SMILES string of the molecule is C=CCN(Cc1ccc(C#N)cc1)C(=O)/C=C/c1cccc2ccccc12. The summed E-state index contributed by atoms with van der Waals surface area (Å²) in [5, 5.41) is 11.2. The summed E-state index contributed by atoms with van der Waals surface area (Å²) in [5.41, 5.74) is 2.59. The minimum Gasteiger partial charge on any atom is -0.331 e. The minimum atomic E-state index is -0.0767. The van der Waals surface area contributed by atoms with Crippen LogP contribution in [-0.4, -0.2) is 17.4 Å². The number of hydrogen-bond acceptors (Lipinski definition) is 2. The van der Waals surface area contributed by atoms with Crippen LogP contribution in [0.3, 0.4) is 0 Å². The molecule has 3 rings (SSSR count). The largest absolute Gasteiger partial charge is 0.331 e. The van der Waals surface area contributed by atoms with Gasteiger partial charge in [-0.05, 0) is 40.1 Å². The summed E-state index contributed by atoms with van der Waals surface area (Å²) >= 11 is 0. The maximum atomic E-state index is 12.7. The zero-order chi connectivity index (χ0) is 19.1. The van der Waals surface area contributed by atoms with Gasteiger partial charge < -0.3 is 4.90 Å². The van der Waals surface area contributed by atoms with Crippen LogP contribution in [0, 0.1) is 11.3 Å². The van der Waals surface area contributed by atoms with Crippen LogP contribution < -0.4 is 0 Å². The molecule has 0 heterocycles. The average molecular weight is 352 g/mol. The molecule has 1 amide bonds. The summed E-state index contributed by atoms with van der Waals surface area (Å²) in [7, 11) is 0. The van der Waals surface area contributed by atoms with Gasteiger partial charge in [-0.3, -0.25) is 4.79 Å². The van der Waals surface area contributed by atoms with Gasteiger partial charge in [0.15, 0.2) is 0 Å². The van der Waals surface area contributed by atoms with E-state index in [0.717, 1.165) is 21.9 Å². The fourth-order valence-corrected chi connectivity index (χ4v) is 2.96. The van der Waals surface area contributed by atoms with E-state index in [1.807, 2.05) is 42.5 Å². The van der Waals surface area contributed by atoms with Crippen molar-refractivity contribution >= 4 is 22.8 Å². The van der Waals surface area contributed by atoms with Crippen molar-refractivity contribution in [2.24, 2.45) is 0 Å². The molecule has 27 heavy (non-hydrogen) atoms. The molecule has 0 saturated carbocycles. The van der Waals surface area contributed by atoms with E-state index >= 15 is 0 Å². The Morgan fingerprint density at radius 1 is 1.04 bits per heavy atom.